The van der Waals surface area contributed by atoms with Gasteiger partial charge in [0.2, 0.25) is 5.78 Å². The van der Waals surface area contributed by atoms with Gasteiger partial charge in [0.05, 0.1) is 0 Å². The molecule has 0 aliphatic carbocycles. The summed E-state index contributed by atoms with van der Waals surface area (Å²) >= 11 is 1.62. The van der Waals surface area contributed by atoms with Crippen LogP contribution in [0.2, 0.25) is 0 Å². The molecule has 0 unspecified atom stereocenters. The predicted molar refractivity (Wildman–Crippen MR) is 107 cm³/mol. The number of rotatable bonds is 8. The standard InChI is InChI=1S/C20H28N2O3S/c1-15-7-9-16(10-8-15)18(23)17(11-14-26-4)21-25-19(24)20(2,3)22-12-5-6-13-22/h7-10H,5-6,11-14H2,1-4H3. The van der Waals surface area contributed by atoms with Gasteiger partial charge in [-0.05, 0) is 58.7 Å². The molecule has 0 N–H and O–H groups in total. The van der Waals surface area contributed by atoms with Crippen LogP contribution in [-0.2, 0) is 9.63 Å². The van der Waals surface area contributed by atoms with E-state index in [1.807, 2.05) is 39.2 Å². The number of nitrogens with zero attached hydrogens (tertiary/aromatic N) is 2. The Labute approximate surface area is 160 Å². The van der Waals surface area contributed by atoms with E-state index in [1.54, 1.807) is 23.9 Å². The molecule has 5 nitrogen and oxygen atoms in total. The van der Waals surface area contributed by atoms with Crippen molar-refractivity contribution in [3.8, 4) is 0 Å². The maximum Gasteiger partial charge on any atom is 0.354 e. The van der Waals surface area contributed by atoms with Crippen molar-refractivity contribution in [3.63, 3.8) is 0 Å². The summed E-state index contributed by atoms with van der Waals surface area (Å²) < 4.78 is 0. The van der Waals surface area contributed by atoms with Gasteiger partial charge < -0.3 is 4.84 Å². The van der Waals surface area contributed by atoms with E-state index in [1.165, 1.54) is 0 Å². The molecule has 1 heterocycles. The lowest BCUT2D eigenvalue weighted by Gasteiger charge is -2.31. The zero-order chi connectivity index (χ0) is 19.2. The zero-order valence-electron chi connectivity index (χ0n) is 16.1. The van der Waals surface area contributed by atoms with Crippen LogP contribution in [0.25, 0.3) is 0 Å². The molecule has 0 amide bonds. The molecule has 6 heteroatoms. The number of benzene rings is 1. The normalized spacial score (nSPS) is 15.9. The summed E-state index contributed by atoms with van der Waals surface area (Å²) in [4.78, 5) is 32.6. The van der Waals surface area contributed by atoms with E-state index in [0.717, 1.165) is 37.2 Å². The summed E-state index contributed by atoms with van der Waals surface area (Å²) in [6.45, 7) is 7.43. The van der Waals surface area contributed by atoms with Crippen LogP contribution >= 0.6 is 11.8 Å². The average molecular weight is 377 g/mol. The number of hydrogen-bond acceptors (Lipinski definition) is 6. The van der Waals surface area contributed by atoms with Crippen LogP contribution in [-0.4, -0.2) is 53.0 Å². The Balaban J connectivity index is 2.13. The smallest absolute Gasteiger partial charge is 0.316 e. The summed E-state index contributed by atoms with van der Waals surface area (Å²) in [7, 11) is 0. The van der Waals surface area contributed by atoms with Crippen molar-refractivity contribution in [1.29, 1.82) is 0 Å². The first-order valence-electron chi connectivity index (χ1n) is 9.00. The van der Waals surface area contributed by atoms with Crippen LogP contribution in [0.15, 0.2) is 29.4 Å². The Morgan fingerprint density at radius 2 is 1.81 bits per heavy atom. The monoisotopic (exact) mass is 376 g/mol. The Bertz CT molecular complexity index is 662. The minimum absolute atomic E-state index is 0.189. The van der Waals surface area contributed by atoms with Gasteiger partial charge in [-0.15, -0.1) is 0 Å². The van der Waals surface area contributed by atoms with Crippen molar-refractivity contribution in [2.45, 2.75) is 45.6 Å². The number of ketones is 1. The van der Waals surface area contributed by atoms with Gasteiger partial charge in [0.15, 0.2) is 0 Å². The minimum atomic E-state index is -0.739. The van der Waals surface area contributed by atoms with Gasteiger partial charge in [0.1, 0.15) is 11.3 Å². The van der Waals surface area contributed by atoms with Crippen molar-refractivity contribution in [3.05, 3.63) is 35.4 Å². The Morgan fingerprint density at radius 1 is 1.19 bits per heavy atom. The second-order valence-corrected chi connectivity index (χ2v) is 8.09. The lowest BCUT2D eigenvalue weighted by Crippen LogP contribution is -2.49. The third-order valence-electron chi connectivity index (χ3n) is 4.75. The predicted octanol–water partition coefficient (Wildman–Crippen LogP) is 3.70. The maximum atomic E-state index is 12.7. The number of aryl methyl sites for hydroxylation is 1. The van der Waals surface area contributed by atoms with Crippen LogP contribution in [0, 0.1) is 6.92 Å². The lowest BCUT2D eigenvalue weighted by molar-refractivity contribution is -0.155. The Hall–Kier alpha value is -1.66. The molecule has 26 heavy (non-hydrogen) atoms. The summed E-state index contributed by atoms with van der Waals surface area (Å²) in [5.74, 6) is 0.132. The molecule has 0 atom stereocenters. The molecule has 1 aliphatic heterocycles. The van der Waals surface area contributed by atoms with Gasteiger partial charge >= 0.3 is 5.97 Å². The third kappa shape index (κ3) is 5.17. The van der Waals surface area contributed by atoms with Crippen molar-refractivity contribution in [2.24, 2.45) is 5.16 Å². The highest BCUT2D eigenvalue weighted by Crippen LogP contribution is 2.22. The maximum absolute atomic E-state index is 12.7. The number of likely N-dealkylation sites (tertiary alicyclic amines) is 1. The van der Waals surface area contributed by atoms with Crippen LogP contribution in [0.5, 0.6) is 0 Å². The first kappa shape index (κ1) is 20.6. The second-order valence-electron chi connectivity index (χ2n) is 7.11. The highest BCUT2D eigenvalue weighted by molar-refractivity contribution is 7.98. The molecular weight excluding hydrogens is 348 g/mol. The fourth-order valence-electron chi connectivity index (χ4n) is 2.88. The van der Waals surface area contributed by atoms with Crippen LogP contribution < -0.4 is 0 Å². The van der Waals surface area contributed by atoms with E-state index >= 15 is 0 Å². The Morgan fingerprint density at radius 3 is 2.38 bits per heavy atom. The topological polar surface area (TPSA) is 59.0 Å². The molecule has 1 fully saturated rings. The van der Waals surface area contributed by atoms with Crippen LogP contribution in [0.3, 0.4) is 0 Å². The van der Waals surface area contributed by atoms with E-state index in [0.29, 0.717) is 12.0 Å². The number of carbonyl (C=O) groups excluding carboxylic acids is 2. The van der Waals surface area contributed by atoms with Crippen LogP contribution in [0.4, 0.5) is 0 Å². The SMILES string of the molecule is CSCCC(=NOC(=O)C(C)(C)N1CCCC1)C(=O)c1ccc(C)cc1. The highest BCUT2D eigenvalue weighted by Gasteiger charge is 2.38. The first-order chi connectivity index (χ1) is 12.4. The van der Waals surface area contributed by atoms with Gasteiger partial charge in [-0.25, -0.2) is 4.79 Å². The fraction of sp³-hybridized carbons (Fsp3) is 0.550. The largest absolute Gasteiger partial charge is 0.354 e. The number of carbonyl (C=O) groups is 2. The molecule has 142 valence electrons. The highest BCUT2D eigenvalue weighted by atomic mass is 32.2. The van der Waals surface area contributed by atoms with E-state index in [9.17, 15) is 9.59 Å². The first-order valence-corrected chi connectivity index (χ1v) is 10.4. The van der Waals surface area contributed by atoms with E-state index in [4.69, 9.17) is 4.84 Å². The number of oxime groups is 1. The molecule has 0 saturated carbocycles. The Kier molecular flexibility index (Phi) is 7.41. The summed E-state index contributed by atoms with van der Waals surface area (Å²) in [6, 6.07) is 7.34. The molecule has 1 aromatic rings. The van der Waals surface area contributed by atoms with Crippen LogP contribution in [0.1, 0.15) is 49.0 Å². The van der Waals surface area contributed by atoms with Gasteiger partial charge in [0, 0.05) is 12.0 Å². The van der Waals surface area contributed by atoms with E-state index in [-0.39, 0.29) is 11.5 Å². The van der Waals surface area contributed by atoms with Crippen molar-refractivity contribution >= 4 is 29.2 Å². The third-order valence-corrected chi connectivity index (χ3v) is 5.37. The molecule has 2 rings (SSSR count). The molecular formula is C20H28N2O3S. The summed E-state index contributed by atoms with van der Waals surface area (Å²) in [5, 5.41) is 3.98. The van der Waals surface area contributed by atoms with Gasteiger partial charge in [-0.2, -0.15) is 11.8 Å². The molecule has 0 radical (unpaired) electrons. The van der Waals surface area contributed by atoms with Crippen molar-refractivity contribution in [2.75, 3.05) is 25.1 Å². The van der Waals surface area contributed by atoms with Gasteiger partial charge in [0.25, 0.3) is 0 Å². The average Bonchev–Trinajstić information content (AvgIpc) is 3.17. The molecule has 0 bridgehead atoms. The van der Waals surface area contributed by atoms with E-state index in [2.05, 4.69) is 10.1 Å². The lowest BCUT2D eigenvalue weighted by atomic mass is 10.0. The van der Waals surface area contributed by atoms with E-state index < -0.39 is 11.5 Å². The molecule has 0 spiro atoms. The van der Waals surface area contributed by atoms with Gasteiger partial charge in [-0.3, -0.25) is 9.69 Å². The quantitative estimate of drug-likeness (QED) is 0.300. The number of hydrogen-bond donors (Lipinski definition) is 0. The number of thioether (sulfide) groups is 1. The second kappa shape index (κ2) is 9.33. The van der Waals surface area contributed by atoms with Crippen molar-refractivity contribution < 1.29 is 14.4 Å². The fourth-order valence-corrected chi connectivity index (χ4v) is 3.28. The zero-order valence-corrected chi connectivity index (χ0v) is 16.9. The summed E-state index contributed by atoms with van der Waals surface area (Å²) in [5.41, 5.74) is 1.19. The number of Topliss-reactive ketones (excluding diaryl/α,β-unsaturated/α-hetero) is 1. The summed E-state index contributed by atoms with van der Waals surface area (Å²) in [6.07, 6.45) is 4.61. The van der Waals surface area contributed by atoms with Crippen molar-refractivity contribution in [1.82, 2.24) is 4.90 Å². The molecule has 1 aromatic carbocycles. The molecule has 1 saturated heterocycles. The molecule has 0 aromatic heterocycles. The molecule has 1 aliphatic rings. The van der Waals surface area contributed by atoms with Gasteiger partial charge in [-0.1, -0.05) is 35.0 Å². The minimum Gasteiger partial charge on any atom is -0.316 e.